The number of nitrogens with one attached hydrogen (secondary N) is 1. The summed E-state index contributed by atoms with van der Waals surface area (Å²) >= 11 is 0. The molecule has 0 fully saturated rings. The van der Waals surface area contributed by atoms with Gasteiger partial charge in [0.25, 0.3) is 5.91 Å². The van der Waals surface area contributed by atoms with Gasteiger partial charge in [0.05, 0.1) is 11.3 Å². The van der Waals surface area contributed by atoms with Crippen LogP contribution in [0.4, 0.5) is 18.9 Å². The van der Waals surface area contributed by atoms with Crippen molar-refractivity contribution >= 4 is 17.2 Å². The van der Waals surface area contributed by atoms with Gasteiger partial charge in [0.2, 0.25) is 0 Å². The maximum atomic E-state index is 12.8. The summed E-state index contributed by atoms with van der Waals surface area (Å²) in [6, 6.07) is 8.18. The van der Waals surface area contributed by atoms with Crippen molar-refractivity contribution in [3.63, 3.8) is 0 Å². The lowest BCUT2D eigenvalue weighted by atomic mass is 10.2. The number of halogens is 3. The fourth-order valence-corrected chi connectivity index (χ4v) is 2.51. The molecule has 24 heavy (non-hydrogen) atoms. The molecule has 2 heterocycles. The second-order valence-electron chi connectivity index (χ2n) is 5.51. The highest BCUT2D eigenvalue weighted by atomic mass is 19.4. The van der Waals surface area contributed by atoms with Crippen molar-refractivity contribution in [1.82, 2.24) is 9.38 Å². The molecule has 1 N–H and O–H groups in total. The van der Waals surface area contributed by atoms with Crippen LogP contribution in [0.3, 0.4) is 0 Å². The molecule has 4 nitrogen and oxygen atoms in total. The lowest BCUT2D eigenvalue weighted by Gasteiger charge is -2.10. The number of hydrogen-bond donors (Lipinski definition) is 1. The summed E-state index contributed by atoms with van der Waals surface area (Å²) in [6.07, 6.45) is -2.70. The van der Waals surface area contributed by atoms with E-state index in [2.05, 4.69) is 10.3 Å². The average molecular weight is 333 g/mol. The molecule has 3 aromatic rings. The van der Waals surface area contributed by atoms with Crippen LogP contribution in [0.15, 0.2) is 42.6 Å². The highest BCUT2D eigenvalue weighted by Gasteiger charge is 2.30. The molecule has 1 aromatic carbocycles. The van der Waals surface area contributed by atoms with Crippen molar-refractivity contribution in [2.45, 2.75) is 20.0 Å². The average Bonchev–Trinajstić information content (AvgIpc) is 2.81. The molecule has 0 bridgehead atoms. The zero-order valence-electron chi connectivity index (χ0n) is 13.0. The number of amides is 1. The number of anilines is 1. The van der Waals surface area contributed by atoms with E-state index in [1.165, 1.54) is 12.1 Å². The fraction of sp³-hybridized carbons (Fsp3) is 0.176. The molecule has 0 atom stereocenters. The second-order valence-corrected chi connectivity index (χ2v) is 5.51. The maximum Gasteiger partial charge on any atom is 0.416 e. The van der Waals surface area contributed by atoms with Crippen LogP contribution in [0.2, 0.25) is 0 Å². The third kappa shape index (κ3) is 2.97. The van der Waals surface area contributed by atoms with E-state index in [0.29, 0.717) is 17.0 Å². The highest BCUT2D eigenvalue weighted by Crippen LogP contribution is 2.30. The Hall–Kier alpha value is -2.83. The number of hydrogen-bond acceptors (Lipinski definition) is 2. The minimum atomic E-state index is -4.46. The molecule has 3 rings (SSSR count). The molecule has 0 saturated carbocycles. The van der Waals surface area contributed by atoms with Gasteiger partial charge in [-0.1, -0.05) is 12.1 Å². The van der Waals surface area contributed by atoms with Crippen LogP contribution in [0.5, 0.6) is 0 Å². The number of carbonyl (C=O) groups excluding carboxylic acids is 1. The minimum Gasteiger partial charge on any atom is -0.321 e. The zero-order valence-corrected chi connectivity index (χ0v) is 13.0. The molecule has 0 radical (unpaired) electrons. The number of nitrogens with zero attached hydrogens (tertiary/aromatic N) is 2. The van der Waals surface area contributed by atoms with Gasteiger partial charge in [-0.25, -0.2) is 4.98 Å². The highest BCUT2D eigenvalue weighted by molar-refractivity contribution is 6.04. The first-order valence-electron chi connectivity index (χ1n) is 7.19. The molecule has 2 aromatic heterocycles. The number of aromatic nitrogens is 2. The summed E-state index contributed by atoms with van der Waals surface area (Å²) in [5, 5.41) is 2.51. The molecule has 0 spiro atoms. The van der Waals surface area contributed by atoms with Crippen LogP contribution in [0.1, 0.15) is 27.3 Å². The Balaban J connectivity index is 1.96. The van der Waals surface area contributed by atoms with Gasteiger partial charge in [-0.2, -0.15) is 13.2 Å². The number of aryl methyl sites for hydroxylation is 2. The Morgan fingerprint density at radius 3 is 2.62 bits per heavy atom. The first-order chi connectivity index (χ1) is 11.3. The summed E-state index contributed by atoms with van der Waals surface area (Å²) in [5.41, 5.74) is 1.61. The molecule has 0 aliphatic rings. The summed E-state index contributed by atoms with van der Waals surface area (Å²) < 4.78 is 39.9. The number of benzene rings is 1. The number of carbonyl (C=O) groups is 1. The van der Waals surface area contributed by atoms with Crippen molar-refractivity contribution < 1.29 is 18.0 Å². The molecule has 1 amide bonds. The molecule has 0 aliphatic carbocycles. The maximum absolute atomic E-state index is 12.8. The van der Waals surface area contributed by atoms with E-state index in [1.807, 2.05) is 13.0 Å². The second kappa shape index (κ2) is 5.67. The Morgan fingerprint density at radius 1 is 1.17 bits per heavy atom. The van der Waals surface area contributed by atoms with Gasteiger partial charge in [-0.05, 0) is 43.7 Å². The molecule has 0 unspecified atom stereocenters. The summed E-state index contributed by atoms with van der Waals surface area (Å²) in [5.74, 6) is -0.509. The van der Waals surface area contributed by atoms with Gasteiger partial charge in [-0.3, -0.25) is 9.20 Å². The molecule has 0 aliphatic heterocycles. The SMILES string of the molecule is Cc1ccc2nc(C)c(C(=O)Nc3cccc(C(F)(F)F)c3)n2c1. The van der Waals surface area contributed by atoms with Crippen LogP contribution in [0, 0.1) is 13.8 Å². The minimum absolute atomic E-state index is 0.0804. The zero-order chi connectivity index (χ0) is 17.5. The topological polar surface area (TPSA) is 46.4 Å². The van der Waals surface area contributed by atoms with Crippen LogP contribution in [-0.2, 0) is 6.18 Å². The predicted octanol–water partition coefficient (Wildman–Crippen LogP) is 4.22. The summed E-state index contributed by atoms with van der Waals surface area (Å²) in [7, 11) is 0. The summed E-state index contributed by atoms with van der Waals surface area (Å²) in [4.78, 5) is 16.8. The lowest BCUT2D eigenvalue weighted by molar-refractivity contribution is -0.137. The van der Waals surface area contributed by atoms with Gasteiger partial charge in [0.1, 0.15) is 11.3 Å². The van der Waals surface area contributed by atoms with E-state index in [0.717, 1.165) is 17.7 Å². The first-order valence-corrected chi connectivity index (χ1v) is 7.19. The molecule has 124 valence electrons. The van der Waals surface area contributed by atoms with Crippen LogP contribution >= 0.6 is 0 Å². The van der Waals surface area contributed by atoms with Crippen molar-refractivity contribution in [3.05, 3.63) is 65.1 Å². The standard InChI is InChI=1S/C17H14F3N3O/c1-10-6-7-14-21-11(2)15(23(14)9-10)16(24)22-13-5-3-4-12(8-13)17(18,19)20/h3-9H,1-2H3,(H,22,24). The van der Waals surface area contributed by atoms with E-state index >= 15 is 0 Å². The number of alkyl halides is 3. The Morgan fingerprint density at radius 2 is 1.92 bits per heavy atom. The molecular weight excluding hydrogens is 319 g/mol. The van der Waals surface area contributed by atoms with Crippen LogP contribution in [-0.4, -0.2) is 15.3 Å². The number of pyridine rings is 1. The van der Waals surface area contributed by atoms with Gasteiger partial charge in [-0.15, -0.1) is 0 Å². The third-order valence-corrected chi connectivity index (χ3v) is 3.60. The van der Waals surface area contributed by atoms with Gasteiger partial charge >= 0.3 is 6.18 Å². The lowest BCUT2D eigenvalue weighted by Crippen LogP contribution is -2.16. The normalized spacial score (nSPS) is 11.7. The molecule has 7 heteroatoms. The smallest absolute Gasteiger partial charge is 0.321 e. The van der Waals surface area contributed by atoms with E-state index < -0.39 is 17.6 Å². The number of imidazole rings is 1. The van der Waals surface area contributed by atoms with E-state index in [-0.39, 0.29) is 5.69 Å². The van der Waals surface area contributed by atoms with E-state index in [1.54, 1.807) is 23.6 Å². The fourth-order valence-electron chi connectivity index (χ4n) is 2.51. The van der Waals surface area contributed by atoms with E-state index in [4.69, 9.17) is 0 Å². The van der Waals surface area contributed by atoms with Crippen molar-refractivity contribution in [1.29, 1.82) is 0 Å². The number of fused-ring (bicyclic) bond motifs is 1. The third-order valence-electron chi connectivity index (χ3n) is 3.60. The van der Waals surface area contributed by atoms with Crippen LogP contribution < -0.4 is 5.32 Å². The predicted molar refractivity (Wildman–Crippen MR) is 84.1 cm³/mol. The van der Waals surface area contributed by atoms with E-state index in [9.17, 15) is 18.0 Å². The largest absolute Gasteiger partial charge is 0.416 e. The monoisotopic (exact) mass is 333 g/mol. The van der Waals surface area contributed by atoms with Crippen molar-refractivity contribution in [2.24, 2.45) is 0 Å². The molecular formula is C17H14F3N3O. The van der Waals surface area contributed by atoms with Gasteiger partial charge < -0.3 is 5.32 Å². The quantitative estimate of drug-likeness (QED) is 0.763. The number of rotatable bonds is 2. The van der Waals surface area contributed by atoms with Crippen molar-refractivity contribution in [3.8, 4) is 0 Å². The molecule has 0 saturated heterocycles. The Labute approximate surface area is 135 Å². The van der Waals surface area contributed by atoms with Crippen LogP contribution in [0.25, 0.3) is 5.65 Å². The van der Waals surface area contributed by atoms with Crippen molar-refractivity contribution in [2.75, 3.05) is 5.32 Å². The Bertz CT molecular complexity index is 928. The first kappa shape index (κ1) is 16.0. The van der Waals surface area contributed by atoms with Gasteiger partial charge in [0.15, 0.2) is 0 Å². The summed E-state index contributed by atoms with van der Waals surface area (Å²) in [6.45, 7) is 3.56. The van der Waals surface area contributed by atoms with Gasteiger partial charge in [0, 0.05) is 11.9 Å². The Kier molecular flexibility index (Phi) is 3.79.